The summed E-state index contributed by atoms with van der Waals surface area (Å²) in [6.07, 6.45) is -2.95. The van der Waals surface area contributed by atoms with Crippen LogP contribution in [0.15, 0.2) is 54.7 Å². The normalized spacial score (nSPS) is 11.1. The van der Waals surface area contributed by atoms with Gasteiger partial charge in [0.1, 0.15) is 11.6 Å². The minimum atomic E-state index is -4.43. The number of benzene rings is 2. The Hall–Kier alpha value is -3.00. The number of hydrogen-bond donors (Lipinski definition) is 2. The highest BCUT2D eigenvalue weighted by atomic mass is 35.5. The highest BCUT2D eigenvalue weighted by molar-refractivity contribution is 6.31. The van der Waals surface area contributed by atoms with Crippen molar-refractivity contribution in [3.8, 4) is 5.75 Å². The maximum Gasteiger partial charge on any atom is 0.416 e. The van der Waals surface area contributed by atoms with Gasteiger partial charge in [0.25, 0.3) is 0 Å². The first-order valence-electron chi connectivity index (χ1n) is 7.73. The quantitative estimate of drug-likeness (QED) is 0.586. The van der Waals surface area contributed by atoms with Crippen LogP contribution in [0, 0.1) is 0 Å². The summed E-state index contributed by atoms with van der Waals surface area (Å²) < 4.78 is 43.7. The molecule has 0 aliphatic carbocycles. The van der Waals surface area contributed by atoms with Crippen molar-refractivity contribution in [2.75, 3.05) is 17.7 Å². The van der Waals surface area contributed by atoms with Crippen LogP contribution in [0.4, 0.5) is 36.3 Å². The first kappa shape index (κ1) is 18.8. The zero-order valence-electron chi connectivity index (χ0n) is 14.0. The Kier molecular flexibility index (Phi) is 5.36. The van der Waals surface area contributed by atoms with Gasteiger partial charge in [-0.1, -0.05) is 17.7 Å². The molecule has 140 valence electrons. The molecule has 3 rings (SSSR count). The van der Waals surface area contributed by atoms with E-state index in [9.17, 15) is 13.2 Å². The molecular formula is C18H14ClF3N4O. The van der Waals surface area contributed by atoms with Gasteiger partial charge in [-0.3, -0.25) is 0 Å². The summed E-state index contributed by atoms with van der Waals surface area (Å²) in [6.45, 7) is 0. The van der Waals surface area contributed by atoms with Crippen LogP contribution in [0.1, 0.15) is 5.56 Å². The number of nitrogens with one attached hydrogen (secondary N) is 2. The molecule has 0 atom stereocenters. The number of halogens is 4. The van der Waals surface area contributed by atoms with E-state index in [1.807, 2.05) is 0 Å². The molecule has 0 spiro atoms. The molecule has 9 heteroatoms. The lowest BCUT2D eigenvalue weighted by Crippen LogP contribution is -2.06. The van der Waals surface area contributed by atoms with E-state index in [1.54, 1.807) is 24.3 Å². The molecule has 27 heavy (non-hydrogen) atoms. The van der Waals surface area contributed by atoms with Gasteiger partial charge >= 0.3 is 6.18 Å². The summed E-state index contributed by atoms with van der Waals surface area (Å²) in [5, 5.41) is 6.32. The van der Waals surface area contributed by atoms with Gasteiger partial charge in [0.05, 0.1) is 18.4 Å². The molecule has 1 aromatic heterocycles. The number of ether oxygens (including phenoxy) is 1. The van der Waals surface area contributed by atoms with E-state index in [1.165, 1.54) is 25.4 Å². The van der Waals surface area contributed by atoms with E-state index in [4.69, 9.17) is 16.3 Å². The smallest absolute Gasteiger partial charge is 0.416 e. The van der Waals surface area contributed by atoms with Crippen LogP contribution in [-0.2, 0) is 6.18 Å². The van der Waals surface area contributed by atoms with Gasteiger partial charge < -0.3 is 15.4 Å². The van der Waals surface area contributed by atoms with Crippen LogP contribution < -0.4 is 15.4 Å². The molecular weight excluding hydrogens is 381 g/mol. The van der Waals surface area contributed by atoms with Gasteiger partial charge in [-0.25, -0.2) is 4.98 Å². The van der Waals surface area contributed by atoms with Crippen molar-refractivity contribution < 1.29 is 17.9 Å². The molecule has 0 radical (unpaired) electrons. The first-order valence-corrected chi connectivity index (χ1v) is 8.11. The zero-order chi connectivity index (χ0) is 19.4. The van der Waals surface area contributed by atoms with Gasteiger partial charge in [0.15, 0.2) is 0 Å². The first-order chi connectivity index (χ1) is 12.8. The average Bonchev–Trinajstić information content (AvgIpc) is 2.62. The molecule has 0 amide bonds. The Morgan fingerprint density at radius 2 is 1.85 bits per heavy atom. The van der Waals surface area contributed by atoms with Gasteiger partial charge in [0, 0.05) is 16.9 Å². The number of nitrogens with zero attached hydrogens (tertiary/aromatic N) is 2. The molecule has 0 bridgehead atoms. The fourth-order valence-corrected chi connectivity index (χ4v) is 2.48. The van der Waals surface area contributed by atoms with Crippen LogP contribution in [0.25, 0.3) is 0 Å². The van der Waals surface area contributed by atoms with Crippen molar-refractivity contribution in [1.29, 1.82) is 0 Å². The maximum atomic E-state index is 12.8. The topological polar surface area (TPSA) is 59.1 Å². The van der Waals surface area contributed by atoms with Crippen molar-refractivity contribution in [3.05, 3.63) is 65.3 Å². The highest BCUT2D eigenvalue weighted by Crippen LogP contribution is 2.32. The van der Waals surface area contributed by atoms with Crippen LogP contribution in [0.3, 0.4) is 0 Å². The van der Waals surface area contributed by atoms with Crippen molar-refractivity contribution in [1.82, 2.24) is 9.97 Å². The second kappa shape index (κ2) is 7.71. The Labute approximate surface area is 158 Å². The Bertz CT molecular complexity index is 950. The lowest BCUT2D eigenvalue weighted by molar-refractivity contribution is -0.137. The van der Waals surface area contributed by atoms with Gasteiger partial charge in [-0.05, 0) is 42.5 Å². The Morgan fingerprint density at radius 3 is 2.59 bits per heavy atom. The SMILES string of the molecule is COc1ccc(Cl)cc1Nc1ccnc(Nc2cccc(C(F)(F)F)c2)n1. The van der Waals surface area contributed by atoms with Crippen molar-refractivity contribution in [2.45, 2.75) is 6.18 Å². The lowest BCUT2D eigenvalue weighted by atomic mass is 10.2. The van der Waals surface area contributed by atoms with E-state index < -0.39 is 11.7 Å². The molecule has 0 saturated heterocycles. The van der Waals surface area contributed by atoms with Crippen LogP contribution in [0.2, 0.25) is 5.02 Å². The number of rotatable bonds is 5. The van der Waals surface area contributed by atoms with E-state index in [2.05, 4.69) is 20.6 Å². The summed E-state index contributed by atoms with van der Waals surface area (Å²) in [5.74, 6) is 1.12. The third kappa shape index (κ3) is 4.79. The number of anilines is 4. The molecule has 2 N–H and O–H groups in total. The summed E-state index contributed by atoms with van der Waals surface area (Å²) in [4.78, 5) is 8.27. The monoisotopic (exact) mass is 394 g/mol. The van der Waals surface area contributed by atoms with Crippen LogP contribution >= 0.6 is 11.6 Å². The molecule has 0 aliphatic heterocycles. The predicted octanol–water partition coefficient (Wildman–Crippen LogP) is 5.64. The van der Waals surface area contributed by atoms with Gasteiger partial charge in [-0.2, -0.15) is 18.2 Å². The molecule has 2 aromatic carbocycles. The van der Waals surface area contributed by atoms with Crippen LogP contribution in [0.5, 0.6) is 5.75 Å². The number of aromatic nitrogens is 2. The summed E-state index contributed by atoms with van der Waals surface area (Å²) in [7, 11) is 1.52. The van der Waals surface area contributed by atoms with E-state index in [0.29, 0.717) is 22.3 Å². The number of alkyl halides is 3. The number of hydrogen-bond acceptors (Lipinski definition) is 5. The zero-order valence-corrected chi connectivity index (χ0v) is 14.8. The second-order valence-electron chi connectivity index (χ2n) is 5.44. The Balaban J connectivity index is 1.82. The standard InChI is InChI=1S/C18H14ClF3N4O/c1-27-15-6-5-12(19)10-14(15)25-16-7-8-23-17(26-16)24-13-4-2-3-11(9-13)18(20,21)22/h2-10H,1H3,(H2,23,24,25,26). The summed E-state index contributed by atoms with van der Waals surface area (Å²) in [6, 6.07) is 11.5. The number of methoxy groups -OCH3 is 1. The molecule has 3 aromatic rings. The second-order valence-corrected chi connectivity index (χ2v) is 5.88. The van der Waals surface area contributed by atoms with E-state index in [0.717, 1.165) is 12.1 Å². The van der Waals surface area contributed by atoms with Crippen molar-refractivity contribution in [3.63, 3.8) is 0 Å². The fraction of sp³-hybridized carbons (Fsp3) is 0.111. The predicted molar refractivity (Wildman–Crippen MR) is 98.0 cm³/mol. The Morgan fingerprint density at radius 1 is 1.04 bits per heavy atom. The molecule has 0 fully saturated rings. The molecule has 0 aliphatic rings. The minimum absolute atomic E-state index is 0.139. The van der Waals surface area contributed by atoms with Gasteiger partial charge in [-0.15, -0.1) is 0 Å². The summed E-state index contributed by atoms with van der Waals surface area (Å²) >= 11 is 6.00. The lowest BCUT2D eigenvalue weighted by Gasteiger charge is -2.12. The van der Waals surface area contributed by atoms with E-state index >= 15 is 0 Å². The third-order valence-corrected chi connectivity index (χ3v) is 3.76. The molecule has 0 unspecified atom stereocenters. The highest BCUT2D eigenvalue weighted by Gasteiger charge is 2.30. The molecule has 1 heterocycles. The largest absolute Gasteiger partial charge is 0.495 e. The summed E-state index contributed by atoms with van der Waals surface area (Å²) in [5.41, 5.74) is 0.0569. The van der Waals surface area contributed by atoms with Gasteiger partial charge in [0.2, 0.25) is 5.95 Å². The third-order valence-electron chi connectivity index (χ3n) is 3.53. The average molecular weight is 395 g/mol. The van der Waals surface area contributed by atoms with Crippen molar-refractivity contribution in [2.24, 2.45) is 0 Å². The van der Waals surface area contributed by atoms with Crippen molar-refractivity contribution >= 4 is 34.7 Å². The minimum Gasteiger partial charge on any atom is -0.495 e. The maximum absolute atomic E-state index is 12.8. The molecule has 5 nitrogen and oxygen atoms in total. The fourth-order valence-electron chi connectivity index (χ4n) is 2.31. The molecule has 0 saturated carbocycles. The van der Waals surface area contributed by atoms with Crippen LogP contribution in [-0.4, -0.2) is 17.1 Å². The van der Waals surface area contributed by atoms with E-state index in [-0.39, 0.29) is 11.6 Å².